The second kappa shape index (κ2) is 7.53. The third-order valence-electron chi connectivity index (χ3n) is 3.31. The van der Waals surface area contributed by atoms with E-state index in [9.17, 15) is 4.79 Å². The summed E-state index contributed by atoms with van der Waals surface area (Å²) in [5.74, 6) is 0.265. The minimum Gasteiger partial charge on any atom is -0.397 e. The van der Waals surface area contributed by atoms with Crippen LogP contribution in [0.2, 0.25) is 0 Å². The zero-order valence-corrected chi connectivity index (χ0v) is 13.5. The van der Waals surface area contributed by atoms with Gasteiger partial charge in [-0.2, -0.15) is 0 Å². The molecule has 0 saturated carbocycles. The van der Waals surface area contributed by atoms with E-state index in [0.29, 0.717) is 5.69 Å². The molecule has 1 amide bonds. The third kappa shape index (κ3) is 4.23. The van der Waals surface area contributed by atoms with Gasteiger partial charge in [0, 0.05) is 17.4 Å². The number of amides is 1. The molecule has 1 aromatic carbocycles. The average molecular weight is 327 g/mol. The van der Waals surface area contributed by atoms with Crippen molar-refractivity contribution in [1.82, 2.24) is 0 Å². The average Bonchev–Trinajstić information content (AvgIpc) is 2.37. The van der Waals surface area contributed by atoms with Crippen molar-refractivity contribution in [3.8, 4) is 0 Å². The highest BCUT2D eigenvalue weighted by Gasteiger charge is 2.22. The number of nitrogens with two attached hydrogens (primary N) is 1. The second-order valence-corrected chi connectivity index (χ2v) is 5.79. The molecule has 1 aromatic rings. The van der Waals surface area contributed by atoms with E-state index in [2.05, 4.69) is 29.8 Å². The summed E-state index contributed by atoms with van der Waals surface area (Å²) < 4.78 is 0.924. The van der Waals surface area contributed by atoms with Gasteiger partial charge in [0.05, 0.1) is 11.4 Å². The molecule has 0 fully saturated rings. The van der Waals surface area contributed by atoms with Gasteiger partial charge in [-0.1, -0.05) is 42.6 Å². The van der Waals surface area contributed by atoms with Gasteiger partial charge in [-0.15, -0.1) is 0 Å². The zero-order valence-electron chi connectivity index (χ0n) is 11.9. The van der Waals surface area contributed by atoms with Gasteiger partial charge in [-0.05, 0) is 31.0 Å². The molecule has 0 radical (unpaired) electrons. The molecule has 0 aromatic heterocycles. The van der Waals surface area contributed by atoms with Gasteiger partial charge in [0.1, 0.15) is 0 Å². The first kappa shape index (κ1) is 16.0. The van der Waals surface area contributed by atoms with Crippen molar-refractivity contribution in [3.05, 3.63) is 22.7 Å². The normalized spacial score (nSPS) is 10.8. The molecular formula is C15H23BrN2O. The first-order chi connectivity index (χ1) is 9.01. The molecule has 0 spiro atoms. The lowest BCUT2D eigenvalue weighted by Crippen LogP contribution is -2.33. The van der Waals surface area contributed by atoms with Crippen LogP contribution in [0.4, 0.5) is 11.4 Å². The maximum atomic E-state index is 12.5. The molecule has 0 heterocycles. The van der Waals surface area contributed by atoms with Gasteiger partial charge < -0.3 is 10.6 Å². The summed E-state index contributed by atoms with van der Waals surface area (Å²) in [5.41, 5.74) is 7.39. The maximum absolute atomic E-state index is 12.5. The standard InChI is InChI=1S/C15H23BrN2O/c1-4-6-11(7-5-2)15(19)18(3)14-9-8-12(16)10-13(14)17/h8-11H,4-7,17H2,1-3H3. The summed E-state index contributed by atoms with van der Waals surface area (Å²) >= 11 is 3.38. The summed E-state index contributed by atoms with van der Waals surface area (Å²) in [7, 11) is 1.81. The van der Waals surface area contributed by atoms with Crippen LogP contribution < -0.4 is 10.6 Å². The van der Waals surface area contributed by atoms with Gasteiger partial charge in [0.15, 0.2) is 0 Å². The Labute approximate surface area is 124 Å². The first-order valence-corrected chi connectivity index (χ1v) is 7.63. The van der Waals surface area contributed by atoms with E-state index in [1.807, 2.05) is 18.2 Å². The van der Waals surface area contributed by atoms with Crippen molar-refractivity contribution in [3.63, 3.8) is 0 Å². The quantitative estimate of drug-likeness (QED) is 0.796. The first-order valence-electron chi connectivity index (χ1n) is 6.83. The smallest absolute Gasteiger partial charge is 0.229 e. The molecule has 0 aliphatic rings. The predicted molar refractivity (Wildman–Crippen MR) is 85.3 cm³/mol. The van der Waals surface area contributed by atoms with Crippen LogP contribution in [0, 0.1) is 5.92 Å². The predicted octanol–water partition coefficient (Wildman–Crippen LogP) is 4.21. The van der Waals surface area contributed by atoms with Crippen molar-refractivity contribution in [2.75, 3.05) is 17.7 Å². The highest BCUT2D eigenvalue weighted by atomic mass is 79.9. The minimum atomic E-state index is 0.100. The molecule has 2 N–H and O–H groups in total. The van der Waals surface area contributed by atoms with Crippen molar-refractivity contribution < 1.29 is 4.79 Å². The highest BCUT2D eigenvalue weighted by Crippen LogP contribution is 2.28. The number of hydrogen-bond donors (Lipinski definition) is 1. The van der Waals surface area contributed by atoms with Crippen molar-refractivity contribution >= 4 is 33.2 Å². The zero-order chi connectivity index (χ0) is 14.4. The molecule has 0 atom stereocenters. The molecule has 106 valence electrons. The minimum absolute atomic E-state index is 0.100. The lowest BCUT2D eigenvalue weighted by Gasteiger charge is -2.24. The summed E-state index contributed by atoms with van der Waals surface area (Å²) in [4.78, 5) is 14.2. The van der Waals surface area contributed by atoms with E-state index in [1.165, 1.54) is 0 Å². The number of hydrogen-bond acceptors (Lipinski definition) is 2. The van der Waals surface area contributed by atoms with E-state index >= 15 is 0 Å². The summed E-state index contributed by atoms with van der Waals surface area (Å²) in [5, 5.41) is 0. The van der Waals surface area contributed by atoms with Crippen LogP contribution in [0.1, 0.15) is 39.5 Å². The molecule has 0 saturated heterocycles. The summed E-state index contributed by atoms with van der Waals surface area (Å²) in [6.07, 6.45) is 3.93. The van der Waals surface area contributed by atoms with Crippen molar-refractivity contribution in [2.45, 2.75) is 39.5 Å². The fourth-order valence-electron chi connectivity index (χ4n) is 2.31. The molecule has 0 aliphatic carbocycles. The third-order valence-corrected chi connectivity index (χ3v) is 3.80. The number of benzene rings is 1. The van der Waals surface area contributed by atoms with Crippen molar-refractivity contribution in [2.24, 2.45) is 5.92 Å². The second-order valence-electron chi connectivity index (χ2n) is 4.87. The van der Waals surface area contributed by atoms with Crippen LogP contribution in [-0.2, 0) is 4.79 Å². The van der Waals surface area contributed by atoms with Gasteiger partial charge in [-0.3, -0.25) is 4.79 Å². The molecule has 0 unspecified atom stereocenters. The van der Waals surface area contributed by atoms with E-state index in [4.69, 9.17) is 5.73 Å². The Kier molecular flexibility index (Phi) is 6.35. The monoisotopic (exact) mass is 326 g/mol. The number of carbonyl (C=O) groups excluding carboxylic acids is 1. The van der Waals surface area contributed by atoms with Crippen LogP contribution in [0.3, 0.4) is 0 Å². The number of rotatable bonds is 6. The Morgan fingerprint density at radius 3 is 2.37 bits per heavy atom. The Morgan fingerprint density at radius 1 is 1.32 bits per heavy atom. The van der Waals surface area contributed by atoms with Crippen molar-refractivity contribution in [1.29, 1.82) is 0 Å². The Hall–Kier alpha value is -1.03. The SMILES string of the molecule is CCCC(CCC)C(=O)N(C)c1ccc(Br)cc1N. The van der Waals surface area contributed by atoms with Crippen LogP contribution in [-0.4, -0.2) is 13.0 Å². The molecule has 3 nitrogen and oxygen atoms in total. The lowest BCUT2D eigenvalue weighted by molar-refractivity contribution is -0.122. The number of nitrogen functional groups attached to an aromatic ring is 1. The Morgan fingerprint density at radius 2 is 1.89 bits per heavy atom. The van der Waals surface area contributed by atoms with E-state index < -0.39 is 0 Å². The lowest BCUT2D eigenvalue weighted by atomic mass is 9.96. The molecule has 0 aliphatic heterocycles. The maximum Gasteiger partial charge on any atom is 0.229 e. The Bertz CT molecular complexity index is 428. The molecule has 19 heavy (non-hydrogen) atoms. The summed E-state index contributed by atoms with van der Waals surface area (Å²) in [6, 6.07) is 5.62. The number of nitrogens with zero attached hydrogens (tertiary/aromatic N) is 1. The van der Waals surface area contributed by atoms with Gasteiger partial charge in [0.2, 0.25) is 5.91 Å². The van der Waals surface area contributed by atoms with Crippen LogP contribution in [0.15, 0.2) is 22.7 Å². The highest BCUT2D eigenvalue weighted by molar-refractivity contribution is 9.10. The van der Waals surface area contributed by atoms with E-state index in [1.54, 1.807) is 11.9 Å². The molecular weight excluding hydrogens is 304 g/mol. The number of carbonyl (C=O) groups is 1. The largest absolute Gasteiger partial charge is 0.397 e. The fourth-order valence-corrected chi connectivity index (χ4v) is 2.69. The van der Waals surface area contributed by atoms with Gasteiger partial charge >= 0.3 is 0 Å². The molecule has 0 bridgehead atoms. The van der Waals surface area contributed by atoms with Crippen LogP contribution in [0.25, 0.3) is 0 Å². The van der Waals surface area contributed by atoms with Crippen LogP contribution in [0.5, 0.6) is 0 Å². The fraction of sp³-hybridized carbons (Fsp3) is 0.533. The number of anilines is 2. The van der Waals surface area contributed by atoms with Gasteiger partial charge in [-0.25, -0.2) is 0 Å². The van der Waals surface area contributed by atoms with E-state index in [-0.39, 0.29) is 11.8 Å². The van der Waals surface area contributed by atoms with E-state index in [0.717, 1.165) is 35.8 Å². The topological polar surface area (TPSA) is 46.3 Å². The van der Waals surface area contributed by atoms with Gasteiger partial charge in [0.25, 0.3) is 0 Å². The molecule has 1 rings (SSSR count). The van der Waals surface area contributed by atoms with Crippen LogP contribution >= 0.6 is 15.9 Å². The molecule has 4 heteroatoms. The Balaban J connectivity index is 2.90. The number of halogens is 1. The summed E-state index contributed by atoms with van der Waals surface area (Å²) in [6.45, 7) is 4.23.